The maximum Gasteiger partial charge on any atom is 0.191 e. The molecule has 1 atom stereocenters. The van der Waals surface area contributed by atoms with Gasteiger partial charge in [-0.2, -0.15) is 0 Å². The molecule has 0 aliphatic heterocycles. The zero-order valence-electron chi connectivity index (χ0n) is 14.2. The van der Waals surface area contributed by atoms with Gasteiger partial charge in [0.05, 0.1) is 6.04 Å². The molecule has 0 amide bonds. The Labute approximate surface area is 139 Å². The minimum Gasteiger partial charge on any atom is -0.355 e. The molecule has 1 aromatic heterocycles. The smallest absolute Gasteiger partial charge is 0.191 e. The predicted molar refractivity (Wildman–Crippen MR) is 96.7 cm³/mol. The summed E-state index contributed by atoms with van der Waals surface area (Å²) in [4.78, 5) is 6.52. The zero-order chi connectivity index (χ0) is 16.5. The van der Waals surface area contributed by atoms with Crippen molar-refractivity contribution in [3.05, 3.63) is 60.4 Å². The molecule has 0 saturated carbocycles. The van der Waals surface area contributed by atoms with Crippen LogP contribution in [0.3, 0.4) is 0 Å². The predicted octanol–water partition coefficient (Wildman–Crippen LogP) is 1.96. The van der Waals surface area contributed by atoms with Crippen LogP contribution in [-0.4, -0.2) is 49.7 Å². The molecule has 1 heterocycles. The van der Waals surface area contributed by atoms with E-state index in [1.807, 2.05) is 18.2 Å². The zero-order valence-corrected chi connectivity index (χ0v) is 14.2. The first-order valence-corrected chi connectivity index (χ1v) is 7.97. The second-order valence-electron chi connectivity index (χ2n) is 5.69. The summed E-state index contributed by atoms with van der Waals surface area (Å²) in [6, 6.07) is 14.9. The Kier molecular flexibility index (Phi) is 6.69. The SMILES string of the molecule is CN=C(NCCn1cccc1)NCC(c1ccccc1)N(C)C. The lowest BCUT2D eigenvalue weighted by atomic mass is 10.1. The molecule has 0 aliphatic carbocycles. The van der Waals surface area contributed by atoms with Crippen LogP contribution in [0.1, 0.15) is 11.6 Å². The average Bonchev–Trinajstić information content (AvgIpc) is 3.07. The Balaban J connectivity index is 1.83. The van der Waals surface area contributed by atoms with Gasteiger partial charge in [-0.25, -0.2) is 0 Å². The van der Waals surface area contributed by atoms with Crippen molar-refractivity contribution >= 4 is 5.96 Å². The highest BCUT2D eigenvalue weighted by atomic mass is 15.2. The molecular formula is C18H27N5. The largest absolute Gasteiger partial charge is 0.355 e. The van der Waals surface area contributed by atoms with Crippen LogP contribution in [0.15, 0.2) is 59.9 Å². The van der Waals surface area contributed by atoms with E-state index >= 15 is 0 Å². The summed E-state index contributed by atoms with van der Waals surface area (Å²) in [7, 11) is 6.00. The molecular weight excluding hydrogens is 286 g/mol. The van der Waals surface area contributed by atoms with Crippen LogP contribution in [0.5, 0.6) is 0 Å². The molecule has 0 aliphatic rings. The van der Waals surface area contributed by atoms with E-state index in [4.69, 9.17) is 0 Å². The lowest BCUT2D eigenvalue weighted by molar-refractivity contribution is 0.298. The number of aliphatic imine (C=N–C) groups is 1. The lowest BCUT2D eigenvalue weighted by Crippen LogP contribution is -2.42. The fourth-order valence-electron chi connectivity index (χ4n) is 2.51. The molecule has 2 aromatic rings. The van der Waals surface area contributed by atoms with Crippen molar-refractivity contribution in [2.45, 2.75) is 12.6 Å². The van der Waals surface area contributed by atoms with E-state index in [1.54, 1.807) is 7.05 Å². The van der Waals surface area contributed by atoms with Gasteiger partial charge in [0.1, 0.15) is 0 Å². The number of hydrogen-bond acceptors (Lipinski definition) is 2. The quantitative estimate of drug-likeness (QED) is 0.607. The third-order valence-electron chi connectivity index (χ3n) is 3.82. The summed E-state index contributed by atoms with van der Waals surface area (Å²) >= 11 is 0. The molecule has 0 fully saturated rings. The van der Waals surface area contributed by atoms with Crippen LogP contribution in [-0.2, 0) is 6.54 Å². The number of guanidine groups is 1. The molecule has 1 unspecified atom stereocenters. The van der Waals surface area contributed by atoms with Gasteiger partial charge in [0, 0.05) is 39.1 Å². The van der Waals surface area contributed by atoms with Crippen molar-refractivity contribution in [1.29, 1.82) is 0 Å². The molecule has 124 valence electrons. The number of benzene rings is 1. The van der Waals surface area contributed by atoms with Gasteiger partial charge in [-0.15, -0.1) is 0 Å². The fourth-order valence-corrected chi connectivity index (χ4v) is 2.51. The molecule has 2 N–H and O–H groups in total. The van der Waals surface area contributed by atoms with Crippen molar-refractivity contribution in [2.24, 2.45) is 4.99 Å². The van der Waals surface area contributed by atoms with Gasteiger partial charge in [-0.1, -0.05) is 30.3 Å². The van der Waals surface area contributed by atoms with Crippen molar-refractivity contribution < 1.29 is 0 Å². The van der Waals surface area contributed by atoms with E-state index in [9.17, 15) is 0 Å². The highest BCUT2D eigenvalue weighted by Crippen LogP contribution is 2.16. The molecule has 0 radical (unpaired) electrons. The third kappa shape index (κ3) is 5.45. The second kappa shape index (κ2) is 9.00. The van der Waals surface area contributed by atoms with Gasteiger partial charge < -0.3 is 20.1 Å². The number of nitrogens with zero attached hydrogens (tertiary/aromatic N) is 3. The summed E-state index contributed by atoms with van der Waals surface area (Å²) in [6.07, 6.45) is 4.13. The summed E-state index contributed by atoms with van der Waals surface area (Å²) in [5.74, 6) is 0.833. The molecule has 5 nitrogen and oxygen atoms in total. The summed E-state index contributed by atoms with van der Waals surface area (Å²) in [6.45, 7) is 2.57. The Hall–Kier alpha value is -2.27. The first-order valence-electron chi connectivity index (χ1n) is 7.97. The monoisotopic (exact) mass is 313 g/mol. The van der Waals surface area contributed by atoms with Gasteiger partial charge in [0.2, 0.25) is 0 Å². The standard InChI is InChI=1S/C18H27N5/c1-19-18(20-11-14-23-12-7-8-13-23)21-15-17(22(2)3)16-9-5-4-6-10-16/h4-10,12-13,17H,11,14-15H2,1-3H3,(H2,19,20,21). The molecule has 2 rings (SSSR count). The maximum absolute atomic E-state index is 4.30. The molecule has 0 bridgehead atoms. The van der Waals surface area contributed by atoms with Crippen LogP contribution in [0.25, 0.3) is 0 Å². The number of likely N-dealkylation sites (N-methyl/N-ethyl adjacent to an activating group) is 1. The van der Waals surface area contributed by atoms with Crippen LogP contribution >= 0.6 is 0 Å². The van der Waals surface area contributed by atoms with E-state index < -0.39 is 0 Å². The van der Waals surface area contributed by atoms with Crippen LogP contribution in [0.2, 0.25) is 0 Å². The molecule has 0 spiro atoms. The third-order valence-corrected chi connectivity index (χ3v) is 3.82. The summed E-state index contributed by atoms with van der Waals surface area (Å²) in [5.41, 5.74) is 1.30. The van der Waals surface area contributed by atoms with Gasteiger partial charge in [0.15, 0.2) is 5.96 Å². The van der Waals surface area contributed by atoms with Gasteiger partial charge in [-0.3, -0.25) is 4.99 Å². The van der Waals surface area contributed by atoms with Crippen LogP contribution in [0.4, 0.5) is 0 Å². The summed E-state index contributed by atoms with van der Waals surface area (Å²) < 4.78 is 2.15. The van der Waals surface area contributed by atoms with Crippen LogP contribution < -0.4 is 10.6 Å². The normalized spacial score (nSPS) is 13.1. The van der Waals surface area contributed by atoms with Crippen molar-refractivity contribution in [3.8, 4) is 0 Å². The van der Waals surface area contributed by atoms with Crippen LogP contribution in [0, 0.1) is 0 Å². The Morgan fingerprint density at radius 2 is 1.78 bits per heavy atom. The lowest BCUT2D eigenvalue weighted by Gasteiger charge is -2.26. The highest BCUT2D eigenvalue weighted by molar-refractivity contribution is 5.79. The Bertz CT molecular complexity index is 575. The van der Waals surface area contributed by atoms with E-state index in [1.165, 1.54) is 5.56 Å². The fraction of sp³-hybridized carbons (Fsp3) is 0.389. The number of hydrogen-bond donors (Lipinski definition) is 2. The number of nitrogens with one attached hydrogen (secondary N) is 2. The summed E-state index contributed by atoms with van der Waals surface area (Å²) in [5, 5.41) is 6.77. The Morgan fingerprint density at radius 3 is 2.39 bits per heavy atom. The number of rotatable bonds is 7. The van der Waals surface area contributed by atoms with E-state index in [0.717, 1.165) is 25.6 Å². The van der Waals surface area contributed by atoms with Gasteiger partial charge in [-0.05, 0) is 31.8 Å². The first-order chi connectivity index (χ1) is 11.2. The maximum atomic E-state index is 4.30. The van der Waals surface area contributed by atoms with E-state index in [2.05, 4.69) is 75.8 Å². The van der Waals surface area contributed by atoms with Crippen molar-refractivity contribution in [1.82, 2.24) is 20.1 Å². The minimum absolute atomic E-state index is 0.305. The van der Waals surface area contributed by atoms with Gasteiger partial charge >= 0.3 is 0 Å². The van der Waals surface area contributed by atoms with E-state index in [-0.39, 0.29) is 0 Å². The topological polar surface area (TPSA) is 44.6 Å². The molecule has 0 saturated heterocycles. The minimum atomic E-state index is 0.305. The Morgan fingerprint density at radius 1 is 1.09 bits per heavy atom. The number of aromatic nitrogens is 1. The molecule has 23 heavy (non-hydrogen) atoms. The average molecular weight is 313 g/mol. The van der Waals surface area contributed by atoms with E-state index in [0.29, 0.717) is 6.04 Å². The second-order valence-corrected chi connectivity index (χ2v) is 5.69. The highest BCUT2D eigenvalue weighted by Gasteiger charge is 2.14. The van der Waals surface area contributed by atoms with Crippen molar-refractivity contribution in [2.75, 3.05) is 34.2 Å². The van der Waals surface area contributed by atoms with Crippen molar-refractivity contribution in [3.63, 3.8) is 0 Å². The molecule has 5 heteroatoms. The van der Waals surface area contributed by atoms with Gasteiger partial charge in [0.25, 0.3) is 0 Å². The first kappa shape index (κ1) is 17.1. The molecule has 1 aromatic carbocycles.